The number of nitrogens with one attached hydrogen (secondary N) is 2. The fraction of sp³-hybridized carbons (Fsp3) is 0.923. The fourth-order valence-electron chi connectivity index (χ4n) is 2.50. The summed E-state index contributed by atoms with van der Waals surface area (Å²) in [5, 5.41) is 3.32. The molecule has 21 heavy (non-hydrogen) atoms. The minimum absolute atomic E-state index is 0.246. The molecular weight excluding hydrogens is 294 g/mol. The molecule has 0 aromatic carbocycles. The molecule has 0 spiro atoms. The smallest absolute Gasteiger partial charge is 0.422 e. The molecule has 1 rings (SSSR count). The molecule has 0 aromatic heterocycles. The minimum atomic E-state index is -3.83. The van der Waals surface area contributed by atoms with E-state index in [9.17, 15) is 13.2 Å². The molecule has 124 valence electrons. The molecule has 1 aliphatic rings. The van der Waals surface area contributed by atoms with Crippen LogP contribution in [0.1, 0.15) is 40.5 Å². The predicted octanol–water partition coefficient (Wildman–Crippen LogP) is 1.08. The van der Waals surface area contributed by atoms with Crippen molar-refractivity contribution in [3.8, 4) is 0 Å². The standard InChI is InChI=1S/C13H27N3O4S/c1-5-14-11(4)12-7-6-8-16(9-12)21(18,19)15-13(17)20-10(2)3/h10-12,14H,5-9H2,1-4H3,(H,15,17). The molecule has 1 aliphatic heterocycles. The molecule has 1 heterocycles. The van der Waals surface area contributed by atoms with Crippen molar-refractivity contribution in [3.63, 3.8) is 0 Å². The lowest BCUT2D eigenvalue weighted by Gasteiger charge is -2.35. The van der Waals surface area contributed by atoms with Crippen molar-refractivity contribution in [2.75, 3.05) is 19.6 Å². The highest BCUT2D eigenvalue weighted by Crippen LogP contribution is 2.21. The quantitative estimate of drug-likeness (QED) is 0.764. The molecule has 2 unspecified atom stereocenters. The molecule has 0 radical (unpaired) electrons. The van der Waals surface area contributed by atoms with E-state index < -0.39 is 16.3 Å². The van der Waals surface area contributed by atoms with Gasteiger partial charge in [-0.05, 0) is 46.1 Å². The molecule has 0 aliphatic carbocycles. The van der Waals surface area contributed by atoms with Crippen LogP contribution in [0.25, 0.3) is 0 Å². The van der Waals surface area contributed by atoms with Crippen LogP contribution in [0, 0.1) is 5.92 Å². The molecule has 1 amide bonds. The first-order chi connectivity index (χ1) is 9.76. The molecule has 0 aromatic rings. The Labute approximate surface area is 127 Å². The number of carbonyl (C=O) groups excluding carboxylic acids is 1. The summed E-state index contributed by atoms with van der Waals surface area (Å²) >= 11 is 0. The van der Waals surface area contributed by atoms with Gasteiger partial charge in [0.25, 0.3) is 0 Å². The summed E-state index contributed by atoms with van der Waals surface area (Å²) in [6.45, 7) is 9.12. The van der Waals surface area contributed by atoms with Crippen LogP contribution in [-0.2, 0) is 14.9 Å². The van der Waals surface area contributed by atoms with E-state index in [1.54, 1.807) is 13.8 Å². The number of piperidine rings is 1. The van der Waals surface area contributed by atoms with E-state index in [-0.39, 0.29) is 18.1 Å². The third-order valence-corrected chi connectivity index (χ3v) is 4.98. The van der Waals surface area contributed by atoms with Gasteiger partial charge in [-0.2, -0.15) is 12.7 Å². The first kappa shape index (κ1) is 18.2. The lowest BCUT2D eigenvalue weighted by atomic mass is 9.93. The van der Waals surface area contributed by atoms with Crippen molar-refractivity contribution in [2.45, 2.75) is 52.7 Å². The van der Waals surface area contributed by atoms with E-state index in [4.69, 9.17) is 4.74 Å². The zero-order chi connectivity index (χ0) is 16.0. The van der Waals surface area contributed by atoms with Crippen LogP contribution < -0.4 is 10.0 Å². The monoisotopic (exact) mass is 321 g/mol. The second-order valence-electron chi connectivity index (χ2n) is 5.67. The summed E-state index contributed by atoms with van der Waals surface area (Å²) in [6.07, 6.45) is 0.492. The van der Waals surface area contributed by atoms with Crippen LogP contribution >= 0.6 is 0 Å². The van der Waals surface area contributed by atoms with Crippen molar-refractivity contribution >= 4 is 16.3 Å². The number of amides is 1. The Hall–Kier alpha value is -0.860. The Kier molecular flexibility index (Phi) is 6.89. The van der Waals surface area contributed by atoms with E-state index in [2.05, 4.69) is 12.2 Å². The third-order valence-electron chi connectivity index (χ3n) is 3.55. The Bertz CT molecular complexity index is 439. The van der Waals surface area contributed by atoms with Crippen LogP contribution in [0.2, 0.25) is 0 Å². The Morgan fingerprint density at radius 1 is 1.38 bits per heavy atom. The van der Waals surface area contributed by atoms with E-state index in [1.807, 2.05) is 11.6 Å². The summed E-state index contributed by atoms with van der Waals surface area (Å²) < 4.78 is 32.5. The van der Waals surface area contributed by atoms with Gasteiger partial charge in [0.15, 0.2) is 0 Å². The summed E-state index contributed by atoms with van der Waals surface area (Å²) in [5.74, 6) is 0.247. The van der Waals surface area contributed by atoms with Crippen molar-refractivity contribution in [1.82, 2.24) is 14.3 Å². The molecule has 8 heteroatoms. The first-order valence-corrected chi connectivity index (χ1v) is 8.92. The normalized spacial score (nSPS) is 22.0. The SMILES string of the molecule is CCNC(C)C1CCCN(S(=O)(=O)NC(=O)OC(C)C)C1. The molecule has 2 atom stereocenters. The Balaban J connectivity index is 2.63. The maximum atomic E-state index is 12.2. The first-order valence-electron chi connectivity index (χ1n) is 7.48. The summed E-state index contributed by atoms with van der Waals surface area (Å²) in [7, 11) is -3.83. The highest BCUT2D eigenvalue weighted by molar-refractivity contribution is 7.87. The lowest BCUT2D eigenvalue weighted by Crippen LogP contribution is -2.51. The number of hydrogen-bond acceptors (Lipinski definition) is 5. The zero-order valence-corrected chi connectivity index (χ0v) is 14.1. The number of carbonyl (C=O) groups is 1. The van der Waals surface area contributed by atoms with E-state index in [0.29, 0.717) is 13.1 Å². The maximum Gasteiger partial charge on any atom is 0.422 e. The second kappa shape index (κ2) is 7.95. The topological polar surface area (TPSA) is 87.7 Å². The molecule has 2 N–H and O–H groups in total. The molecule has 0 saturated carbocycles. The van der Waals surface area contributed by atoms with Crippen molar-refractivity contribution in [2.24, 2.45) is 5.92 Å². The number of hydrogen-bond donors (Lipinski definition) is 2. The average Bonchev–Trinajstić information content (AvgIpc) is 2.37. The van der Waals surface area contributed by atoms with E-state index >= 15 is 0 Å². The highest BCUT2D eigenvalue weighted by Gasteiger charge is 2.32. The fourth-order valence-corrected chi connectivity index (χ4v) is 3.64. The summed E-state index contributed by atoms with van der Waals surface area (Å²) in [4.78, 5) is 11.5. The third kappa shape index (κ3) is 5.80. The lowest BCUT2D eigenvalue weighted by molar-refractivity contribution is 0.120. The van der Waals surface area contributed by atoms with Gasteiger partial charge in [-0.3, -0.25) is 0 Å². The number of rotatable bonds is 6. The van der Waals surface area contributed by atoms with Crippen LogP contribution in [0.15, 0.2) is 0 Å². The molecule has 0 bridgehead atoms. The number of nitrogens with zero attached hydrogens (tertiary/aromatic N) is 1. The van der Waals surface area contributed by atoms with Gasteiger partial charge < -0.3 is 10.1 Å². The second-order valence-corrected chi connectivity index (χ2v) is 7.34. The largest absolute Gasteiger partial charge is 0.446 e. The summed E-state index contributed by atoms with van der Waals surface area (Å²) in [6, 6.07) is 0.246. The Morgan fingerprint density at radius 3 is 2.62 bits per heavy atom. The zero-order valence-electron chi connectivity index (χ0n) is 13.3. The maximum absolute atomic E-state index is 12.2. The van der Waals surface area contributed by atoms with Gasteiger partial charge in [0.2, 0.25) is 0 Å². The van der Waals surface area contributed by atoms with Crippen molar-refractivity contribution in [1.29, 1.82) is 0 Å². The minimum Gasteiger partial charge on any atom is -0.446 e. The molecule has 1 fully saturated rings. The average molecular weight is 321 g/mol. The molecule has 7 nitrogen and oxygen atoms in total. The van der Waals surface area contributed by atoms with Crippen LogP contribution in [0.4, 0.5) is 4.79 Å². The molecular formula is C13H27N3O4S. The van der Waals surface area contributed by atoms with E-state index in [1.165, 1.54) is 4.31 Å². The van der Waals surface area contributed by atoms with Gasteiger partial charge in [0.05, 0.1) is 6.10 Å². The Morgan fingerprint density at radius 2 is 2.05 bits per heavy atom. The predicted molar refractivity (Wildman–Crippen MR) is 81.1 cm³/mol. The van der Waals surface area contributed by atoms with E-state index in [0.717, 1.165) is 19.4 Å². The van der Waals surface area contributed by atoms with Gasteiger partial charge in [-0.25, -0.2) is 9.52 Å². The van der Waals surface area contributed by atoms with Gasteiger partial charge >= 0.3 is 16.3 Å². The van der Waals surface area contributed by atoms with Gasteiger partial charge in [0, 0.05) is 19.1 Å². The molecule has 1 saturated heterocycles. The highest BCUT2D eigenvalue weighted by atomic mass is 32.2. The van der Waals surface area contributed by atoms with Crippen LogP contribution in [-0.4, -0.2) is 50.6 Å². The summed E-state index contributed by atoms with van der Waals surface area (Å²) in [5.41, 5.74) is 0. The van der Waals surface area contributed by atoms with Gasteiger partial charge in [-0.1, -0.05) is 6.92 Å². The van der Waals surface area contributed by atoms with Crippen molar-refractivity contribution in [3.05, 3.63) is 0 Å². The van der Waals surface area contributed by atoms with Crippen LogP contribution in [0.5, 0.6) is 0 Å². The van der Waals surface area contributed by atoms with Crippen molar-refractivity contribution < 1.29 is 17.9 Å². The number of ether oxygens (including phenoxy) is 1. The van der Waals surface area contributed by atoms with Gasteiger partial charge in [-0.15, -0.1) is 0 Å². The van der Waals surface area contributed by atoms with Crippen LogP contribution in [0.3, 0.4) is 0 Å². The van der Waals surface area contributed by atoms with Gasteiger partial charge in [0.1, 0.15) is 0 Å².